The molecule has 3 rings (SSSR count). The van der Waals surface area contributed by atoms with Gasteiger partial charge in [0.1, 0.15) is 12.3 Å². The quantitative estimate of drug-likeness (QED) is 0.509. The highest BCUT2D eigenvalue weighted by Crippen LogP contribution is 2.30. The minimum absolute atomic E-state index is 0.0111. The second kappa shape index (κ2) is 7.71. The van der Waals surface area contributed by atoms with Crippen LogP contribution in [0.5, 0.6) is 6.01 Å². The van der Waals surface area contributed by atoms with Gasteiger partial charge in [0.25, 0.3) is 0 Å². The lowest BCUT2D eigenvalue weighted by Crippen LogP contribution is -2.04. The van der Waals surface area contributed by atoms with E-state index in [-0.39, 0.29) is 24.1 Å². The molecule has 128 valence electrons. The molecule has 1 N–H and O–H groups in total. The van der Waals surface area contributed by atoms with Crippen molar-refractivity contribution < 1.29 is 9.13 Å². The van der Waals surface area contributed by atoms with Gasteiger partial charge < -0.3 is 9.46 Å². The minimum atomic E-state index is -0.644. The summed E-state index contributed by atoms with van der Waals surface area (Å²) in [5, 5.41) is 7.08. The lowest BCUT2D eigenvalue weighted by Gasteiger charge is -2.08. The van der Waals surface area contributed by atoms with E-state index in [0.29, 0.717) is 10.6 Å². The van der Waals surface area contributed by atoms with E-state index in [1.807, 2.05) is 0 Å². The van der Waals surface area contributed by atoms with Crippen molar-refractivity contribution in [3.05, 3.63) is 59.1 Å². The van der Waals surface area contributed by atoms with Gasteiger partial charge in [0, 0.05) is 13.2 Å². The van der Waals surface area contributed by atoms with E-state index in [9.17, 15) is 9.30 Å². The van der Waals surface area contributed by atoms with Crippen molar-refractivity contribution in [3.63, 3.8) is 0 Å². The van der Waals surface area contributed by atoms with Crippen molar-refractivity contribution in [3.8, 4) is 6.01 Å². The molecule has 0 unspecified atom stereocenters. The second-order valence-corrected chi connectivity index (χ2v) is 5.73. The number of aryl methyl sites for hydroxylation is 1. The van der Waals surface area contributed by atoms with E-state index in [2.05, 4.69) is 25.0 Å². The fourth-order valence-electron chi connectivity index (χ4n) is 1.89. The SMILES string of the molecule is Cn1ccc(COc2ncc(F)c(NSc3ccccc3N=O)n2)n1. The summed E-state index contributed by atoms with van der Waals surface area (Å²) < 4.78 is 23.7. The van der Waals surface area contributed by atoms with Crippen molar-refractivity contribution in [2.75, 3.05) is 4.72 Å². The smallest absolute Gasteiger partial charge is 0.318 e. The van der Waals surface area contributed by atoms with Crippen LogP contribution in [0.2, 0.25) is 0 Å². The second-order valence-electron chi connectivity index (χ2n) is 4.88. The van der Waals surface area contributed by atoms with Crippen molar-refractivity contribution in [2.24, 2.45) is 12.2 Å². The molecule has 0 saturated carbocycles. The molecule has 0 saturated heterocycles. The fraction of sp³-hybridized carbons (Fsp3) is 0.133. The molecule has 1 aromatic carbocycles. The van der Waals surface area contributed by atoms with E-state index >= 15 is 0 Å². The van der Waals surface area contributed by atoms with Crippen LogP contribution in [0.15, 0.2) is 52.8 Å². The number of hydrogen-bond acceptors (Lipinski definition) is 8. The fourth-order valence-corrected chi connectivity index (χ4v) is 2.60. The highest BCUT2D eigenvalue weighted by atomic mass is 32.2. The number of halogens is 1. The van der Waals surface area contributed by atoms with Crippen LogP contribution < -0.4 is 9.46 Å². The Morgan fingerprint density at radius 1 is 1.36 bits per heavy atom. The zero-order valence-electron chi connectivity index (χ0n) is 13.1. The molecule has 10 heteroatoms. The molecule has 0 radical (unpaired) electrons. The third kappa shape index (κ3) is 4.29. The van der Waals surface area contributed by atoms with Crippen molar-refractivity contribution >= 4 is 23.5 Å². The first-order valence-electron chi connectivity index (χ1n) is 7.15. The lowest BCUT2D eigenvalue weighted by atomic mass is 10.3. The molecule has 3 aromatic rings. The highest BCUT2D eigenvalue weighted by molar-refractivity contribution is 8.00. The van der Waals surface area contributed by atoms with Gasteiger partial charge in [-0.25, -0.2) is 9.37 Å². The Balaban J connectivity index is 1.67. The molecule has 0 amide bonds. The molecule has 0 aliphatic heterocycles. The van der Waals surface area contributed by atoms with E-state index in [1.54, 1.807) is 48.3 Å². The number of benzene rings is 1. The number of anilines is 1. The normalized spacial score (nSPS) is 10.5. The average Bonchev–Trinajstić information content (AvgIpc) is 3.05. The zero-order chi connectivity index (χ0) is 17.6. The standard InChI is InChI=1S/C15H13FN6O2S/c1-22-7-6-10(19-22)9-24-15-17-8-11(16)14(18-15)21-25-13-5-3-2-4-12(13)20-23/h2-8H,9H2,1H3,(H,17,18,21). The average molecular weight is 360 g/mol. The van der Waals surface area contributed by atoms with Gasteiger partial charge >= 0.3 is 6.01 Å². The predicted octanol–water partition coefficient (Wildman–Crippen LogP) is 3.45. The van der Waals surface area contributed by atoms with Crippen LogP contribution in [-0.4, -0.2) is 19.7 Å². The highest BCUT2D eigenvalue weighted by Gasteiger charge is 2.10. The van der Waals surface area contributed by atoms with Crippen LogP contribution in [0.3, 0.4) is 0 Å². The van der Waals surface area contributed by atoms with Crippen LogP contribution >= 0.6 is 11.9 Å². The maximum absolute atomic E-state index is 13.9. The Labute approximate surface area is 146 Å². The first-order chi connectivity index (χ1) is 12.2. The van der Waals surface area contributed by atoms with Gasteiger partial charge in [0.05, 0.1) is 16.8 Å². The van der Waals surface area contributed by atoms with Crippen LogP contribution in [0.25, 0.3) is 0 Å². The molecule has 0 aliphatic carbocycles. The third-order valence-electron chi connectivity index (χ3n) is 3.06. The van der Waals surface area contributed by atoms with Crippen LogP contribution in [-0.2, 0) is 13.7 Å². The van der Waals surface area contributed by atoms with Gasteiger partial charge in [-0.2, -0.15) is 10.1 Å². The Morgan fingerprint density at radius 2 is 2.20 bits per heavy atom. The summed E-state index contributed by atoms with van der Waals surface area (Å²) in [5.74, 6) is -0.703. The first-order valence-corrected chi connectivity index (χ1v) is 7.96. The van der Waals surface area contributed by atoms with Gasteiger partial charge in [0.2, 0.25) is 0 Å². The molecule has 0 fully saturated rings. The minimum Gasteiger partial charge on any atom is -0.457 e. The molecule has 2 heterocycles. The monoisotopic (exact) mass is 360 g/mol. The van der Waals surface area contributed by atoms with Crippen LogP contribution in [0.4, 0.5) is 15.9 Å². The van der Waals surface area contributed by atoms with Crippen LogP contribution in [0, 0.1) is 10.7 Å². The third-order valence-corrected chi connectivity index (χ3v) is 3.92. The molecule has 0 atom stereocenters. The Morgan fingerprint density at radius 3 is 2.96 bits per heavy atom. The number of hydrogen-bond donors (Lipinski definition) is 1. The maximum atomic E-state index is 13.9. The summed E-state index contributed by atoms with van der Waals surface area (Å²) in [7, 11) is 1.79. The predicted molar refractivity (Wildman–Crippen MR) is 90.9 cm³/mol. The first kappa shape index (κ1) is 16.8. The molecule has 2 aromatic heterocycles. The molecule has 0 spiro atoms. The number of rotatable bonds is 7. The molecular formula is C15H13FN6O2S. The number of ether oxygens (including phenoxy) is 1. The Kier molecular flexibility index (Phi) is 5.19. The summed E-state index contributed by atoms with van der Waals surface area (Å²) in [4.78, 5) is 19.1. The van der Waals surface area contributed by atoms with Crippen molar-refractivity contribution in [2.45, 2.75) is 11.5 Å². The Bertz CT molecular complexity index is 888. The van der Waals surface area contributed by atoms with E-state index in [1.165, 1.54) is 0 Å². The van der Waals surface area contributed by atoms with Crippen molar-refractivity contribution in [1.29, 1.82) is 0 Å². The van der Waals surface area contributed by atoms with Crippen LogP contribution in [0.1, 0.15) is 5.69 Å². The lowest BCUT2D eigenvalue weighted by molar-refractivity contribution is 0.274. The van der Waals surface area contributed by atoms with Crippen molar-refractivity contribution in [1.82, 2.24) is 19.7 Å². The molecule has 0 aliphatic rings. The maximum Gasteiger partial charge on any atom is 0.318 e. The Hall–Kier alpha value is -3.01. The van der Waals surface area contributed by atoms with Gasteiger partial charge in [-0.15, -0.1) is 4.91 Å². The summed E-state index contributed by atoms with van der Waals surface area (Å²) in [5.41, 5.74) is 0.950. The van der Waals surface area contributed by atoms with E-state index in [4.69, 9.17) is 4.74 Å². The molecular weight excluding hydrogens is 347 g/mol. The van der Waals surface area contributed by atoms with Gasteiger partial charge in [-0.3, -0.25) is 4.68 Å². The summed E-state index contributed by atoms with van der Waals surface area (Å²) in [6.07, 6.45) is 2.79. The topological polar surface area (TPSA) is 94.3 Å². The van der Waals surface area contributed by atoms with Gasteiger partial charge in [-0.1, -0.05) is 12.1 Å². The van der Waals surface area contributed by atoms with E-state index < -0.39 is 5.82 Å². The molecule has 8 nitrogen and oxygen atoms in total. The number of nitroso groups, excluding NO2 is 1. The summed E-state index contributed by atoms with van der Waals surface area (Å²) in [6.45, 7) is 0.164. The number of nitrogens with zero attached hydrogens (tertiary/aromatic N) is 5. The van der Waals surface area contributed by atoms with E-state index in [0.717, 1.165) is 18.1 Å². The van der Waals surface area contributed by atoms with Gasteiger partial charge in [-0.05, 0) is 35.3 Å². The number of aromatic nitrogens is 4. The molecule has 0 bridgehead atoms. The number of nitrogens with one attached hydrogen (secondary N) is 1. The largest absolute Gasteiger partial charge is 0.457 e. The zero-order valence-corrected chi connectivity index (χ0v) is 13.9. The van der Waals surface area contributed by atoms with Gasteiger partial charge in [0.15, 0.2) is 11.6 Å². The molecule has 25 heavy (non-hydrogen) atoms. The summed E-state index contributed by atoms with van der Waals surface area (Å²) in [6, 6.07) is 8.49. The summed E-state index contributed by atoms with van der Waals surface area (Å²) >= 11 is 1.02.